The summed E-state index contributed by atoms with van der Waals surface area (Å²) in [6.07, 6.45) is 0.960. The molecule has 2 N–H and O–H groups in total. The molecule has 0 bridgehead atoms. The maximum atomic E-state index is 13.4. The van der Waals surface area contributed by atoms with E-state index in [9.17, 15) is 18.4 Å². The van der Waals surface area contributed by atoms with Gasteiger partial charge in [0.05, 0.1) is 11.3 Å². The van der Waals surface area contributed by atoms with Crippen LogP contribution in [0.2, 0.25) is 0 Å². The standard InChI is InChI=1S/C10H6F2N4O3S2/c11-6-4(1-2-13-7(6)12)8(19)14-9-15-16-10(21-9)20-3-5(17)18/h1-2H,3H2,(H,17,18)(H,14,15,19). The summed E-state index contributed by atoms with van der Waals surface area (Å²) in [7, 11) is 0. The zero-order chi connectivity index (χ0) is 15.4. The Kier molecular flexibility index (Phi) is 4.75. The molecule has 0 aromatic carbocycles. The number of rotatable bonds is 5. The summed E-state index contributed by atoms with van der Waals surface area (Å²) in [5, 5.41) is 18.1. The van der Waals surface area contributed by atoms with Crippen LogP contribution in [0.15, 0.2) is 16.6 Å². The molecule has 0 spiro atoms. The van der Waals surface area contributed by atoms with Crippen molar-refractivity contribution >= 4 is 40.1 Å². The van der Waals surface area contributed by atoms with E-state index in [0.717, 1.165) is 35.4 Å². The van der Waals surface area contributed by atoms with Crippen LogP contribution < -0.4 is 5.32 Å². The van der Waals surface area contributed by atoms with E-state index >= 15 is 0 Å². The fraction of sp³-hybridized carbons (Fsp3) is 0.100. The third-order valence-electron chi connectivity index (χ3n) is 2.04. The smallest absolute Gasteiger partial charge is 0.313 e. The highest BCUT2D eigenvalue weighted by Crippen LogP contribution is 2.25. The van der Waals surface area contributed by atoms with Crippen LogP contribution in [-0.2, 0) is 4.79 Å². The fourth-order valence-electron chi connectivity index (χ4n) is 1.20. The summed E-state index contributed by atoms with van der Waals surface area (Å²) in [4.78, 5) is 25.2. The van der Waals surface area contributed by atoms with E-state index < -0.39 is 29.2 Å². The molecule has 0 fully saturated rings. The largest absolute Gasteiger partial charge is 0.481 e. The highest BCUT2D eigenvalue weighted by molar-refractivity contribution is 8.01. The predicted molar refractivity (Wildman–Crippen MR) is 70.4 cm³/mol. The number of amides is 1. The first-order valence-electron chi connectivity index (χ1n) is 5.27. The third-order valence-corrected chi connectivity index (χ3v) is 3.99. The third kappa shape index (κ3) is 3.92. The van der Waals surface area contributed by atoms with Gasteiger partial charge in [-0.1, -0.05) is 23.1 Å². The lowest BCUT2D eigenvalue weighted by atomic mass is 10.2. The normalized spacial score (nSPS) is 10.4. The Morgan fingerprint density at radius 3 is 2.86 bits per heavy atom. The van der Waals surface area contributed by atoms with E-state index in [1.165, 1.54) is 0 Å². The zero-order valence-corrected chi connectivity index (χ0v) is 11.7. The molecule has 2 rings (SSSR count). The van der Waals surface area contributed by atoms with Crippen LogP contribution in [0.1, 0.15) is 10.4 Å². The number of carboxylic acid groups (broad SMARTS) is 1. The van der Waals surface area contributed by atoms with Crippen molar-refractivity contribution in [1.82, 2.24) is 15.2 Å². The Morgan fingerprint density at radius 2 is 2.14 bits per heavy atom. The highest BCUT2D eigenvalue weighted by atomic mass is 32.2. The molecule has 0 aliphatic carbocycles. The highest BCUT2D eigenvalue weighted by Gasteiger charge is 2.18. The summed E-state index contributed by atoms with van der Waals surface area (Å²) >= 11 is 1.85. The molecule has 1 amide bonds. The molecule has 110 valence electrons. The number of nitrogens with zero attached hydrogens (tertiary/aromatic N) is 3. The Balaban J connectivity index is 2.06. The first-order valence-corrected chi connectivity index (χ1v) is 7.07. The Bertz CT molecular complexity index is 695. The number of carboxylic acids is 1. The molecule has 21 heavy (non-hydrogen) atoms. The summed E-state index contributed by atoms with van der Waals surface area (Å²) in [5.74, 6) is -4.86. The maximum absolute atomic E-state index is 13.4. The molecule has 2 aromatic rings. The average molecular weight is 332 g/mol. The average Bonchev–Trinajstić information content (AvgIpc) is 2.87. The number of carbonyl (C=O) groups is 2. The molecule has 0 atom stereocenters. The van der Waals surface area contributed by atoms with Crippen LogP contribution in [0.4, 0.5) is 13.9 Å². The summed E-state index contributed by atoms with van der Waals surface area (Å²) < 4.78 is 26.6. The van der Waals surface area contributed by atoms with Gasteiger partial charge in [-0.2, -0.15) is 4.39 Å². The maximum Gasteiger partial charge on any atom is 0.313 e. The first kappa shape index (κ1) is 15.3. The minimum atomic E-state index is -1.38. The van der Waals surface area contributed by atoms with Crippen molar-refractivity contribution < 1.29 is 23.5 Å². The Labute approximate surface area is 124 Å². The van der Waals surface area contributed by atoms with Crippen molar-refractivity contribution in [3.05, 3.63) is 29.6 Å². The van der Waals surface area contributed by atoms with Gasteiger partial charge in [-0.3, -0.25) is 14.9 Å². The van der Waals surface area contributed by atoms with Crippen molar-refractivity contribution in [2.75, 3.05) is 11.1 Å². The first-order chi connectivity index (χ1) is 9.97. The number of halogens is 2. The van der Waals surface area contributed by atoms with Crippen LogP contribution in [-0.4, -0.2) is 37.9 Å². The van der Waals surface area contributed by atoms with Gasteiger partial charge in [0, 0.05) is 6.20 Å². The monoisotopic (exact) mass is 332 g/mol. The van der Waals surface area contributed by atoms with Crippen LogP contribution in [0.5, 0.6) is 0 Å². The van der Waals surface area contributed by atoms with Crippen LogP contribution in [0.25, 0.3) is 0 Å². The van der Waals surface area contributed by atoms with Crippen LogP contribution >= 0.6 is 23.1 Å². The lowest BCUT2D eigenvalue weighted by Gasteiger charge is -2.02. The lowest BCUT2D eigenvalue weighted by molar-refractivity contribution is -0.133. The number of nitrogens with one attached hydrogen (secondary N) is 1. The second-order valence-corrected chi connectivity index (χ2v) is 5.67. The fourth-order valence-corrected chi connectivity index (χ4v) is 2.67. The number of hydrogen-bond donors (Lipinski definition) is 2. The number of carbonyl (C=O) groups excluding carboxylic acids is 1. The molecule has 2 heterocycles. The van der Waals surface area contributed by atoms with E-state index in [2.05, 4.69) is 20.5 Å². The summed E-state index contributed by atoms with van der Waals surface area (Å²) in [6.45, 7) is 0. The molecule has 11 heteroatoms. The molecule has 2 aromatic heterocycles. The summed E-state index contributed by atoms with van der Waals surface area (Å²) in [5.41, 5.74) is -0.516. The van der Waals surface area contributed by atoms with Crippen molar-refractivity contribution in [1.29, 1.82) is 0 Å². The number of aliphatic carboxylic acids is 1. The van der Waals surface area contributed by atoms with Crippen LogP contribution in [0.3, 0.4) is 0 Å². The Hall–Kier alpha value is -2.14. The number of pyridine rings is 1. The van der Waals surface area contributed by atoms with Crippen molar-refractivity contribution in [2.45, 2.75) is 4.34 Å². The van der Waals surface area contributed by atoms with Gasteiger partial charge in [0.1, 0.15) is 0 Å². The predicted octanol–water partition coefficient (Wildman–Crippen LogP) is 1.64. The van der Waals surface area contributed by atoms with Gasteiger partial charge in [-0.15, -0.1) is 10.2 Å². The van der Waals surface area contributed by atoms with Crippen molar-refractivity contribution in [3.63, 3.8) is 0 Å². The van der Waals surface area contributed by atoms with Gasteiger partial charge >= 0.3 is 5.97 Å². The lowest BCUT2D eigenvalue weighted by Crippen LogP contribution is -2.14. The van der Waals surface area contributed by atoms with E-state index in [-0.39, 0.29) is 10.9 Å². The van der Waals surface area contributed by atoms with E-state index in [4.69, 9.17) is 5.11 Å². The van der Waals surface area contributed by atoms with Gasteiger partial charge in [0.2, 0.25) is 11.1 Å². The molecule has 0 aliphatic heterocycles. The minimum absolute atomic E-state index is 0.0458. The SMILES string of the molecule is O=C(O)CSc1nnc(NC(=O)c2ccnc(F)c2F)s1. The zero-order valence-electron chi connectivity index (χ0n) is 10.0. The quantitative estimate of drug-likeness (QED) is 0.487. The van der Waals surface area contributed by atoms with E-state index in [1.54, 1.807) is 0 Å². The van der Waals surface area contributed by atoms with Crippen molar-refractivity contribution in [2.24, 2.45) is 0 Å². The molecule has 0 radical (unpaired) electrons. The van der Waals surface area contributed by atoms with Gasteiger partial charge < -0.3 is 5.11 Å². The van der Waals surface area contributed by atoms with E-state index in [1.807, 2.05) is 0 Å². The molecule has 0 unspecified atom stereocenters. The second kappa shape index (κ2) is 6.54. The number of anilines is 1. The molecule has 0 saturated carbocycles. The number of hydrogen-bond acceptors (Lipinski definition) is 7. The molecular weight excluding hydrogens is 326 g/mol. The number of thioether (sulfide) groups is 1. The van der Waals surface area contributed by atoms with E-state index in [0.29, 0.717) is 4.34 Å². The molecule has 0 aliphatic rings. The topological polar surface area (TPSA) is 105 Å². The van der Waals surface area contributed by atoms with Crippen molar-refractivity contribution in [3.8, 4) is 0 Å². The molecule has 7 nitrogen and oxygen atoms in total. The van der Waals surface area contributed by atoms with Gasteiger partial charge in [0.25, 0.3) is 5.91 Å². The molecular formula is C10H6F2N4O3S2. The van der Waals surface area contributed by atoms with Gasteiger partial charge in [-0.05, 0) is 6.07 Å². The van der Waals surface area contributed by atoms with Gasteiger partial charge in [0.15, 0.2) is 10.2 Å². The van der Waals surface area contributed by atoms with Gasteiger partial charge in [-0.25, -0.2) is 9.37 Å². The minimum Gasteiger partial charge on any atom is -0.481 e. The molecule has 0 saturated heterocycles. The summed E-state index contributed by atoms with van der Waals surface area (Å²) in [6, 6.07) is 1.02. The van der Waals surface area contributed by atoms with Crippen LogP contribution in [0, 0.1) is 11.8 Å². The number of aromatic nitrogens is 3. The second-order valence-electron chi connectivity index (χ2n) is 3.47. The Morgan fingerprint density at radius 1 is 1.38 bits per heavy atom.